The smallest absolute Gasteiger partial charge is 0.314 e. The molecule has 1 aromatic heterocycles. The molecular weight excluding hydrogens is 284 g/mol. The van der Waals surface area contributed by atoms with Gasteiger partial charge in [-0.05, 0) is 30.0 Å². The van der Waals surface area contributed by atoms with E-state index in [1.54, 1.807) is 11.8 Å². The maximum atomic E-state index is 10.4. The fourth-order valence-electron chi connectivity index (χ4n) is 1.38. The second kappa shape index (κ2) is 6.63. The Morgan fingerprint density at radius 2 is 2.05 bits per heavy atom. The molecular formula is C12H12N2O3S2. The molecule has 7 heteroatoms. The Morgan fingerprint density at radius 3 is 2.68 bits per heavy atom. The molecule has 0 saturated heterocycles. The molecule has 0 amide bonds. The highest BCUT2D eigenvalue weighted by Crippen LogP contribution is 2.24. The largest absolute Gasteiger partial charge is 0.481 e. The number of hydrogen-bond donors (Lipinski definition) is 1. The van der Waals surface area contributed by atoms with E-state index in [0.717, 1.165) is 23.1 Å². The van der Waals surface area contributed by atoms with Crippen LogP contribution in [0.5, 0.6) is 0 Å². The minimum Gasteiger partial charge on any atom is -0.481 e. The maximum absolute atomic E-state index is 10.4. The molecule has 1 aromatic carbocycles. The lowest BCUT2D eigenvalue weighted by Gasteiger charge is -1.98. The molecule has 0 saturated carbocycles. The summed E-state index contributed by atoms with van der Waals surface area (Å²) >= 11 is 2.77. The van der Waals surface area contributed by atoms with E-state index in [0.29, 0.717) is 5.82 Å². The molecule has 0 fully saturated rings. The molecule has 5 nitrogen and oxygen atoms in total. The van der Waals surface area contributed by atoms with Gasteiger partial charge in [-0.15, -0.1) is 11.8 Å². The van der Waals surface area contributed by atoms with Gasteiger partial charge in [-0.2, -0.15) is 4.98 Å². The third-order valence-corrected chi connectivity index (χ3v) is 3.85. The zero-order valence-corrected chi connectivity index (χ0v) is 11.8. The highest BCUT2D eigenvalue weighted by Gasteiger charge is 2.10. The number of carbonyl (C=O) groups is 1. The van der Waals surface area contributed by atoms with Crippen molar-refractivity contribution in [1.29, 1.82) is 0 Å². The predicted octanol–water partition coefficient (Wildman–Crippen LogP) is 3.03. The van der Waals surface area contributed by atoms with Gasteiger partial charge in [0.2, 0.25) is 5.82 Å². The summed E-state index contributed by atoms with van der Waals surface area (Å²) in [6.45, 7) is 2.10. The van der Waals surface area contributed by atoms with E-state index < -0.39 is 5.97 Å². The van der Waals surface area contributed by atoms with Crippen LogP contribution in [0.15, 0.2) is 38.9 Å². The summed E-state index contributed by atoms with van der Waals surface area (Å²) in [4.78, 5) is 15.8. The fourth-order valence-corrected chi connectivity index (χ4v) is 2.53. The summed E-state index contributed by atoms with van der Waals surface area (Å²) in [5, 5.41) is 12.7. The van der Waals surface area contributed by atoms with Gasteiger partial charge in [-0.3, -0.25) is 4.79 Å². The summed E-state index contributed by atoms with van der Waals surface area (Å²) in [7, 11) is 0. The average Bonchev–Trinajstić information content (AvgIpc) is 2.86. The normalized spacial score (nSPS) is 10.6. The number of benzene rings is 1. The standard InChI is InChI=1S/C12H12N2O3S2/c1-2-18-9-5-3-8(4-6-9)11-13-12(17-14-11)19-7-10(15)16/h3-6H,2,7H2,1H3,(H,15,16). The van der Waals surface area contributed by atoms with Crippen molar-refractivity contribution >= 4 is 29.5 Å². The van der Waals surface area contributed by atoms with Crippen LogP contribution in [0.2, 0.25) is 0 Å². The molecule has 100 valence electrons. The molecule has 0 unspecified atom stereocenters. The third kappa shape index (κ3) is 4.00. The van der Waals surface area contributed by atoms with E-state index in [9.17, 15) is 4.79 Å². The monoisotopic (exact) mass is 296 g/mol. The van der Waals surface area contributed by atoms with E-state index in [2.05, 4.69) is 17.1 Å². The topological polar surface area (TPSA) is 76.2 Å². The highest BCUT2D eigenvalue weighted by molar-refractivity contribution is 7.99. The van der Waals surface area contributed by atoms with Gasteiger partial charge < -0.3 is 9.63 Å². The lowest BCUT2D eigenvalue weighted by molar-refractivity contribution is -0.133. The van der Waals surface area contributed by atoms with Crippen molar-refractivity contribution in [3.05, 3.63) is 24.3 Å². The van der Waals surface area contributed by atoms with Crippen LogP contribution in [-0.4, -0.2) is 32.7 Å². The summed E-state index contributed by atoms with van der Waals surface area (Å²) in [6, 6.07) is 7.86. The van der Waals surface area contributed by atoms with Crippen LogP contribution in [-0.2, 0) is 4.79 Å². The quantitative estimate of drug-likeness (QED) is 0.821. The van der Waals surface area contributed by atoms with Gasteiger partial charge in [0.25, 0.3) is 5.22 Å². The minimum absolute atomic E-state index is 0.0896. The Labute approximate surface area is 118 Å². The average molecular weight is 296 g/mol. The molecule has 0 bridgehead atoms. The van der Waals surface area contributed by atoms with Gasteiger partial charge in [0, 0.05) is 10.5 Å². The van der Waals surface area contributed by atoms with Gasteiger partial charge in [-0.1, -0.05) is 23.8 Å². The van der Waals surface area contributed by atoms with Crippen molar-refractivity contribution in [2.24, 2.45) is 0 Å². The molecule has 0 aliphatic carbocycles. The third-order valence-electron chi connectivity index (χ3n) is 2.15. The van der Waals surface area contributed by atoms with Crippen LogP contribution in [0.25, 0.3) is 11.4 Å². The molecule has 2 aromatic rings. The molecule has 0 aliphatic heterocycles. The summed E-state index contributed by atoms with van der Waals surface area (Å²) in [5.41, 5.74) is 0.853. The zero-order chi connectivity index (χ0) is 13.7. The van der Waals surface area contributed by atoms with E-state index >= 15 is 0 Å². The maximum Gasteiger partial charge on any atom is 0.314 e. The van der Waals surface area contributed by atoms with Gasteiger partial charge in [0.15, 0.2) is 0 Å². The van der Waals surface area contributed by atoms with Crippen molar-refractivity contribution in [2.45, 2.75) is 17.0 Å². The molecule has 19 heavy (non-hydrogen) atoms. The predicted molar refractivity (Wildman–Crippen MR) is 74.5 cm³/mol. The van der Waals surface area contributed by atoms with E-state index in [1.165, 1.54) is 4.90 Å². The fraction of sp³-hybridized carbons (Fsp3) is 0.250. The molecule has 0 atom stereocenters. The van der Waals surface area contributed by atoms with Crippen LogP contribution in [0.4, 0.5) is 0 Å². The van der Waals surface area contributed by atoms with E-state index in [-0.39, 0.29) is 11.0 Å². The number of aliphatic carboxylic acids is 1. The molecule has 0 radical (unpaired) electrons. The van der Waals surface area contributed by atoms with Crippen molar-refractivity contribution in [2.75, 3.05) is 11.5 Å². The first-order valence-electron chi connectivity index (χ1n) is 5.60. The summed E-state index contributed by atoms with van der Waals surface area (Å²) < 4.78 is 4.98. The number of rotatable bonds is 6. The first-order chi connectivity index (χ1) is 9.19. The number of carboxylic acids is 1. The second-order valence-electron chi connectivity index (χ2n) is 3.52. The second-order valence-corrected chi connectivity index (χ2v) is 5.79. The number of hydrogen-bond acceptors (Lipinski definition) is 6. The zero-order valence-electron chi connectivity index (χ0n) is 10.2. The Balaban J connectivity index is 2.07. The highest BCUT2D eigenvalue weighted by atomic mass is 32.2. The van der Waals surface area contributed by atoms with Gasteiger partial charge >= 0.3 is 5.97 Å². The molecule has 2 rings (SSSR count). The molecule has 0 spiro atoms. The van der Waals surface area contributed by atoms with E-state index in [4.69, 9.17) is 9.63 Å². The summed E-state index contributed by atoms with van der Waals surface area (Å²) in [5.74, 6) is 0.497. The minimum atomic E-state index is -0.911. The first-order valence-corrected chi connectivity index (χ1v) is 7.57. The Kier molecular flexibility index (Phi) is 4.86. The first kappa shape index (κ1) is 14.0. The van der Waals surface area contributed by atoms with Crippen molar-refractivity contribution in [1.82, 2.24) is 10.1 Å². The Bertz CT molecular complexity index is 554. The van der Waals surface area contributed by atoms with Crippen LogP contribution in [0.1, 0.15) is 6.92 Å². The number of thioether (sulfide) groups is 2. The Hall–Kier alpha value is -1.47. The van der Waals surface area contributed by atoms with Gasteiger partial charge in [-0.25, -0.2) is 0 Å². The van der Waals surface area contributed by atoms with Crippen molar-refractivity contribution in [3.8, 4) is 11.4 Å². The van der Waals surface area contributed by atoms with Crippen LogP contribution >= 0.6 is 23.5 Å². The van der Waals surface area contributed by atoms with Crippen molar-refractivity contribution in [3.63, 3.8) is 0 Å². The lowest BCUT2D eigenvalue weighted by Crippen LogP contribution is -1.97. The summed E-state index contributed by atoms with van der Waals surface area (Å²) in [6.07, 6.45) is 0. The van der Waals surface area contributed by atoms with Crippen LogP contribution < -0.4 is 0 Å². The molecule has 0 aliphatic rings. The van der Waals surface area contributed by atoms with Gasteiger partial charge in [0.1, 0.15) is 5.75 Å². The SMILES string of the molecule is CCSc1ccc(-c2noc(SCC(=O)O)n2)cc1. The van der Waals surface area contributed by atoms with Crippen LogP contribution in [0, 0.1) is 0 Å². The lowest BCUT2D eigenvalue weighted by atomic mass is 10.2. The van der Waals surface area contributed by atoms with E-state index in [1.807, 2.05) is 24.3 Å². The molecule has 1 N–H and O–H groups in total. The van der Waals surface area contributed by atoms with Gasteiger partial charge in [0.05, 0.1) is 0 Å². The number of nitrogens with zero attached hydrogens (tertiary/aromatic N) is 2. The number of aromatic nitrogens is 2. The molecule has 1 heterocycles. The van der Waals surface area contributed by atoms with Crippen molar-refractivity contribution < 1.29 is 14.4 Å². The number of carboxylic acid groups (broad SMARTS) is 1. The van der Waals surface area contributed by atoms with Crippen LogP contribution in [0.3, 0.4) is 0 Å². The Morgan fingerprint density at radius 1 is 1.32 bits per heavy atom.